The summed E-state index contributed by atoms with van der Waals surface area (Å²) in [6.45, 7) is 1.03. The van der Waals surface area contributed by atoms with Crippen LogP contribution in [0.25, 0.3) is 0 Å². The monoisotopic (exact) mass is 301 g/mol. The SMILES string of the molecule is COc1ccc2c3c1O[C@@H]1CCC[C@]4(O)[C@H](C2)N(C)CC[C@@]314. The van der Waals surface area contributed by atoms with Crippen LogP contribution >= 0.6 is 0 Å². The summed E-state index contributed by atoms with van der Waals surface area (Å²) in [7, 11) is 3.86. The summed E-state index contributed by atoms with van der Waals surface area (Å²) in [4.78, 5) is 2.36. The van der Waals surface area contributed by atoms with E-state index in [1.807, 2.05) is 6.07 Å². The van der Waals surface area contributed by atoms with Crippen LogP contribution in [0, 0.1) is 0 Å². The van der Waals surface area contributed by atoms with Gasteiger partial charge in [0.1, 0.15) is 6.10 Å². The molecule has 0 amide bonds. The smallest absolute Gasteiger partial charge is 0.165 e. The zero-order valence-corrected chi connectivity index (χ0v) is 13.3. The molecule has 2 bridgehead atoms. The number of ether oxygens (including phenoxy) is 2. The molecule has 1 saturated carbocycles. The zero-order chi connectivity index (χ0) is 15.1. The average molecular weight is 301 g/mol. The zero-order valence-electron chi connectivity index (χ0n) is 13.3. The Bertz CT molecular complexity index is 660. The van der Waals surface area contributed by atoms with Crippen molar-refractivity contribution >= 4 is 0 Å². The minimum atomic E-state index is -0.659. The summed E-state index contributed by atoms with van der Waals surface area (Å²) in [6.07, 6.45) is 4.96. The largest absolute Gasteiger partial charge is 0.493 e. The van der Waals surface area contributed by atoms with Gasteiger partial charge in [-0.2, -0.15) is 0 Å². The normalized spacial score (nSPS) is 41.8. The molecule has 0 radical (unpaired) electrons. The van der Waals surface area contributed by atoms with Crippen molar-refractivity contribution in [2.24, 2.45) is 0 Å². The molecule has 0 unspecified atom stereocenters. The summed E-state index contributed by atoms with van der Waals surface area (Å²) in [5.74, 6) is 1.73. The number of hydrogen-bond donors (Lipinski definition) is 1. The molecular weight excluding hydrogens is 278 g/mol. The van der Waals surface area contributed by atoms with Gasteiger partial charge in [-0.3, -0.25) is 0 Å². The fourth-order valence-corrected chi connectivity index (χ4v) is 5.90. The first-order valence-electron chi connectivity index (χ1n) is 8.41. The lowest BCUT2D eigenvalue weighted by Gasteiger charge is -2.62. The molecular formula is C18H23NO3. The summed E-state index contributed by atoms with van der Waals surface area (Å²) < 4.78 is 11.9. The van der Waals surface area contributed by atoms with E-state index in [0.29, 0.717) is 0 Å². The van der Waals surface area contributed by atoms with Crippen molar-refractivity contribution in [1.82, 2.24) is 4.90 Å². The lowest BCUT2D eigenvalue weighted by molar-refractivity contribution is -0.180. The first-order valence-corrected chi connectivity index (χ1v) is 8.41. The van der Waals surface area contributed by atoms with Gasteiger partial charge >= 0.3 is 0 Å². The van der Waals surface area contributed by atoms with Crippen LogP contribution < -0.4 is 9.47 Å². The van der Waals surface area contributed by atoms with E-state index in [1.54, 1.807) is 7.11 Å². The van der Waals surface area contributed by atoms with Crippen molar-refractivity contribution in [1.29, 1.82) is 0 Å². The molecule has 1 saturated heterocycles. The third-order valence-corrected chi connectivity index (χ3v) is 6.84. The molecule has 2 aliphatic carbocycles. The number of nitrogens with zero attached hydrogens (tertiary/aromatic N) is 1. The number of likely N-dealkylation sites (N-methyl/N-ethyl adjacent to an activating group) is 1. The molecule has 118 valence electrons. The fourth-order valence-electron chi connectivity index (χ4n) is 5.90. The molecule has 2 fully saturated rings. The molecule has 0 aromatic heterocycles. The minimum Gasteiger partial charge on any atom is -0.493 e. The average Bonchev–Trinajstić information content (AvgIpc) is 2.85. The quantitative estimate of drug-likeness (QED) is 0.860. The Balaban J connectivity index is 1.84. The first kappa shape index (κ1) is 13.2. The van der Waals surface area contributed by atoms with E-state index in [1.165, 1.54) is 11.1 Å². The van der Waals surface area contributed by atoms with Crippen molar-refractivity contribution in [3.05, 3.63) is 23.3 Å². The standard InChI is InChI=1S/C18H23NO3/c1-19-9-8-17-14-4-3-7-18(17,20)13(19)10-11-5-6-12(21-2)16(22-14)15(11)17/h5-6,13-14,20H,3-4,7-10H2,1-2H3/t13-,14+,17-,18-/m0/s1. The van der Waals surface area contributed by atoms with E-state index in [9.17, 15) is 5.11 Å². The molecule has 22 heavy (non-hydrogen) atoms. The van der Waals surface area contributed by atoms with Gasteiger partial charge in [-0.25, -0.2) is 0 Å². The number of likely N-dealkylation sites (tertiary alicyclic amines) is 1. The van der Waals surface area contributed by atoms with E-state index in [4.69, 9.17) is 9.47 Å². The molecule has 1 aromatic rings. The number of methoxy groups -OCH3 is 1. The Hall–Kier alpha value is -1.26. The Kier molecular flexibility index (Phi) is 2.39. The predicted molar refractivity (Wildman–Crippen MR) is 82.6 cm³/mol. The van der Waals surface area contributed by atoms with E-state index in [-0.39, 0.29) is 17.6 Å². The molecule has 2 aliphatic heterocycles. The highest BCUT2D eigenvalue weighted by Crippen LogP contribution is 2.65. The van der Waals surface area contributed by atoms with Crippen LogP contribution in [0.3, 0.4) is 0 Å². The molecule has 1 aromatic carbocycles. The van der Waals surface area contributed by atoms with E-state index < -0.39 is 5.60 Å². The molecule has 4 nitrogen and oxygen atoms in total. The maximum Gasteiger partial charge on any atom is 0.165 e. The summed E-state index contributed by atoms with van der Waals surface area (Å²) in [5, 5.41) is 11.8. The maximum atomic E-state index is 11.8. The van der Waals surface area contributed by atoms with Gasteiger partial charge in [0.2, 0.25) is 0 Å². The summed E-state index contributed by atoms with van der Waals surface area (Å²) in [5.41, 5.74) is 1.73. The van der Waals surface area contributed by atoms with Gasteiger partial charge in [0, 0.05) is 11.6 Å². The van der Waals surface area contributed by atoms with Crippen molar-refractivity contribution in [3.63, 3.8) is 0 Å². The van der Waals surface area contributed by atoms with Crippen LogP contribution in [-0.2, 0) is 11.8 Å². The number of piperidine rings is 1. The third-order valence-electron chi connectivity index (χ3n) is 6.84. The second-order valence-electron chi connectivity index (χ2n) is 7.48. The molecule has 5 rings (SSSR count). The molecule has 4 heteroatoms. The van der Waals surface area contributed by atoms with Crippen molar-refractivity contribution in [3.8, 4) is 11.5 Å². The summed E-state index contributed by atoms with van der Waals surface area (Å²) >= 11 is 0. The number of rotatable bonds is 1. The van der Waals surface area contributed by atoms with Crippen LogP contribution in [0.15, 0.2) is 12.1 Å². The Labute approximate surface area is 131 Å². The topological polar surface area (TPSA) is 41.9 Å². The molecule has 1 spiro atoms. The highest BCUT2D eigenvalue weighted by molar-refractivity contribution is 5.62. The summed E-state index contributed by atoms with van der Waals surface area (Å²) in [6, 6.07) is 4.42. The van der Waals surface area contributed by atoms with E-state index >= 15 is 0 Å². The van der Waals surface area contributed by atoms with Gasteiger partial charge in [0.25, 0.3) is 0 Å². The van der Waals surface area contributed by atoms with Crippen LogP contribution in [0.5, 0.6) is 11.5 Å². The highest BCUT2D eigenvalue weighted by Gasteiger charge is 2.70. The Morgan fingerprint density at radius 1 is 1.36 bits per heavy atom. The second kappa shape index (κ2) is 3.98. The lowest BCUT2D eigenvalue weighted by atomic mass is 9.49. The molecule has 4 atom stereocenters. The number of benzene rings is 1. The fraction of sp³-hybridized carbons (Fsp3) is 0.667. The van der Waals surface area contributed by atoms with Gasteiger partial charge in [0.15, 0.2) is 11.5 Å². The van der Waals surface area contributed by atoms with E-state index in [2.05, 4.69) is 18.0 Å². The highest BCUT2D eigenvalue weighted by atomic mass is 16.5. The van der Waals surface area contributed by atoms with Crippen molar-refractivity contribution < 1.29 is 14.6 Å². The van der Waals surface area contributed by atoms with Gasteiger partial charge < -0.3 is 19.5 Å². The van der Waals surface area contributed by atoms with Crippen LogP contribution in [-0.4, -0.2) is 48.5 Å². The third kappa shape index (κ3) is 1.21. The van der Waals surface area contributed by atoms with Crippen LogP contribution in [0.4, 0.5) is 0 Å². The maximum absolute atomic E-state index is 11.8. The molecule has 2 heterocycles. The van der Waals surface area contributed by atoms with Gasteiger partial charge in [-0.1, -0.05) is 6.07 Å². The molecule has 1 N–H and O–H groups in total. The second-order valence-corrected chi connectivity index (χ2v) is 7.48. The first-order chi connectivity index (χ1) is 10.6. The van der Waals surface area contributed by atoms with Gasteiger partial charge in [-0.15, -0.1) is 0 Å². The Morgan fingerprint density at radius 2 is 2.23 bits per heavy atom. The number of hydrogen-bond acceptors (Lipinski definition) is 4. The van der Waals surface area contributed by atoms with Crippen molar-refractivity contribution in [2.45, 2.75) is 55.3 Å². The molecule has 4 aliphatic rings. The number of aliphatic hydroxyl groups is 1. The van der Waals surface area contributed by atoms with Gasteiger partial charge in [-0.05, 0) is 57.3 Å². The van der Waals surface area contributed by atoms with Crippen molar-refractivity contribution in [2.75, 3.05) is 20.7 Å². The Morgan fingerprint density at radius 3 is 3.05 bits per heavy atom. The lowest BCUT2D eigenvalue weighted by Crippen LogP contribution is -2.74. The van der Waals surface area contributed by atoms with Gasteiger partial charge in [0.05, 0.1) is 18.1 Å². The van der Waals surface area contributed by atoms with Crippen LogP contribution in [0.1, 0.15) is 36.8 Å². The van der Waals surface area contributed by atoms with E-state index in [0.717, 1.165) is 50.1 Å². The van der Waals surface area contributed by atoms with Crippen LogP contribution in [0.2, 0.25) is 0 Å². The minimum absolute atomic E-state index is 0.104. The predicted octanol–water partition coefficient (Wildman–Crippen LogP) is 1.87.